The number of hydrogen-bond acceptors (Lipinski definition) is 4. The molecule has 1 aliphatic heterocycles. The molecular weight excluding hydrogens is 468 g/mol. The highest BCUT2D eigenvalue weighted by Crippen LogP contribution is 2.30. The Morgan fingerprint density at radius 3 is 2.64 bits per heavy atom. The van der Waals surface area contributed by atoms with Crippen LogP contribution in [-0.2, 0) is 14.8 Å². The maximum atomic E-state index is 12.9. The van der Waals surface area contributed by atoms with Gasteiger partial charge in [-0.3, -0.25) is 4.79 Å². The lowest BCUT2D eigenvalue weighted by Gasteiger charge is -2.31. The molecular formula is C19H20BrClN2O4S. The largest absolute Gasteiger partial charge is 0.495 e. The van der Waals surface area contributed by atoms with E-state index >= 15 is 0 Å². The van der Waals surface area contributed by atoms with Crippen LogP contribution in [0.3, 0.4) is 0 Å². The molecule has 1 fully saturated rings. The first kappa shape index (κ1) is 21.1. The van der Waals surface area contributed by atoms with E-state index in [2.05, 4.69) is 21.2 Å². The van der Waals surface area contributed by atoms with Gasteiger partial charge in [-0.05, 0) is 55.3 Å². The maximum Gasteiger partial charge on any atom is 0.243 e. The monoisotopic (exact) mass is 486 g/mol. The summed E-state index contributed by atoms with van der Waals surface area (Å²) in [5, 5.41) is 3.29. The van der Waals surface area contributed by atoms with E-state index in [1.807, 2.05) is 0 Å². The second kappa shape index (κ2) is 8.82. The lowest BCUT2D eigenvalue weighted by atomic mass is 9.98. The molecule has 1 amide bonds. The van der Waals surface area contributed by atoms with E-state index in [0.717, 1.165) is 4.47 Å². The van der Waals surface area contributed by atoms with E-state index in [1.165, 1.54) is 11.4 Å². The Kier molecular flexibility index (Phi) is 6.65. The lowest BCUT2D eigenvalue weighted by molar-refractivity contribution is -0.120. The quantitative estimate of drug-likeness (QED) is 0.687. The fourth-order valence-electron chi connectivity index (χ4n) is 3.14. The van der Waals surface area contributed by atoms with E-state index in [1.54, 1.807) is 42.5 Å². The van der Waals surface area contributed by atoms with Gasteiger partial charge in [-0.25, -0.2) is 8.42 Å². The van der Waals surface area contributed by atoms with Gasteiger partial charge in [0.1, 0.15) is 5.75 Å². The van der Waals surface area contributed by atoms with Crippen LogP contribution < -0.4 is 10.1 Å². The number of rotatable bonds is 5. The molecule has 0 spiro atoms. The molecule has 2 aromatic carbocycles. The zero-order chi connectivity index (χ0) is 20.3. The van der Waals surface area contributed by atoms with Crippen LogP contribution in [0.25, 0.3) is 0 Å². The molecule has 0 saturated carbocycles. The SMILES string of the molecule is COc1ccc(Cl)cc1NC(=O)[C@@H]1CCCN(S(=O)(=O)c2ccc(Br)cc2)C1. The minimum absolute atomic E-state index is 0.132. The summed E-state index contributed by atoms with van der Waals surface area (Å²) in [6.07, 6.45) is 1.22. The molecule has 1 heterocycles. The predicted octanol–water partition coefficient (Wildman–Crippen LogP) is 4.15. The van der Waals surface area contributed by atoms with Gasteiger partial charge < -0.3 is 10.1 Å². The van der Waals surface area contributed by atoms with E-state index in [4.69, 9.17) is 16.3 Å². The van der Waals surface area contributed by atoms with Crippen molar-refractivity contribution in [3.8, 4) is 5.75 Å². The van der Waals surface area contributed by atoms with Gasteiger partial charge in [0.05, 0.1) is 23.6 Å². The highest BCUT2D eigenvalue weighted by atomic mass is 79.9. The minimum Gasteiger partial charge on any atom is -0.495 e. The maximum absolute atomic E-state index is 12.9. The number of ether oxygens (including phenoxy) is 1. The number of methoxy groups -OCH3 is 1. The molecule has 0 unspecified atom stereocenters. The summed E-state index contributed by atoms with van der Waals surface area (Å²) in [6, 6.07) is 11.4. The highest BCUT2D eigenvalue weighted by Gasteiger charge is 2.33. The number of anilines is 1. The third-order valence-corrected chi connectivity index (χ3v) is 7.27. The van der Waals surface area contributed by atoms with Crippen molar-refractivity contribution in [2.75, 3.05) is 25.5 Å². The molecule has 1 atom stereocenters. The molecule has 3 rings (SSSR count). The van der Waals surface area contributed by atoms with Crippen LogP contribution in [0.2, 0.25) is 5.02 Å². The molecule has 0 aliphatic carbocycles. The molecule has 6 nitrogen and oxygen atoms in total. The summed E-state index contributed by atoms with van der Waals surface area (Å²) in [4.78, 5) is 13.0. The number of carbonyl (C=O) groups is 1. The summed E-state index contributed by atoms with van der Waals surface area (Å²) in [6.45, 7) is 0.524. The number of benzene rings is 2. The average Bonchev–Trinajstić information content (AvgIpc) is 2.68. The van der Waals surface area contributed by atoms with Crippen LogP contribution in [0.15, 0.2) is 51.8 Å². The number of amides is 1. The number of piperidine rings is 1. The number of nitrogens with one attached hydrogen (secondary N) is 1. The molecule has 150 valence electrons. The summed E-state index contributed by atoms with van der Waals surface area (Å²) < 4.78 is 33.2. The van der Waals surface area contributed by atoms with Crippen molar-refractivity contribution < 1.29 is 17.9 Å². The molecule has 2 aromatic rings. The molecule has 1 N–H and O–H groups in total. The standard InChI is InChI=1S/C19H20BrClN2O4S/c1-27-18-9-6-15(21)11-17(18)22-19(24)13-3-2-10-23(12-13)28(25,26)16-7-4-14(20)5-8-16/h4-9,11,13H,2-3,10,12H2,1H3,(H,22,24)/t13-/m1/s1. The fourth-order valence-corrected chi connectivity index (χ4v) is 5.10. The van der Waals surface area contributed by atoms with Crippen LogP contribution >= 0.6 is 27.5 Å². The smallest absolute Gasteiger partial charge is 0.243 e. The zero-order valence-electron chi connectivity index (χ0n) is 15.2. The van der Waals surface area contributed by atoms with Gasteiger partial charge in [0, 0.05) is 22.6 Å². The van der Waals surface area contributed by atoms with Crippen LogP contribution in [0.4, 0.5) is 5.69 Å². The van der Waals surface area contributed by atoms with Crippen molar-refractivity contribution >= 4 is 49.1 Å². The van der Waals surface area contributed by atoms with E-state index < -0.39 is 15.9 Å². The molecule has 1 saturated heterocycles. The zero-order valence-corrected chi connectivity index (χ0v) is 18.4. The van der Waals surface area contributed by atoms with Crippen molar-refractivity contribution in [2.45, 2.75) is 17.7 Å². The first-order chi connectivity index (χ1) is 13.3. The van der Waals surface area contributed by atoms with Gasteiger partial charge in [0.2, 0.25) is 15.9 Å². The van der Waals surface area contributed by atoms with Gasteiger partial charge in [-0.15, -0.1) is 0 Å². The number of nitrogens with zero attached hydrogens (tertiary/aromatic N) is 1. The summed E-state index contributed by atoms with van der Waals surface area (Å²) in [5.41, 5.74) is 0.466. The number of hydrogen-bond donors (Lipinski definition) is 1. The Morgan fingerprint density at radius 1 is 1.25 bits per heavy atom. The predicted molar refractivity (Wildman–Crippen MR) is 112 cm³/mol. The minimum atomic E-state index is -3.65. The van der Waals surface area contributed by atoms with E-state index in [-0.39, 0.29) is 17.3 Å². The first-order valence-electron chi connectivity index (χ1n) is 8.71. The summed E-state index contributed by atoms with van der Waals surface area (Å²) in [5.74, 6) is -0.216. The van der Waals surface area contributed by atoms with Gasteiger partial charge in [0.15, 0.2) is 0 Å². The number of carbonyl (C=O) groups excluding carboxylic acids is 1. The summed E-state index contributed by atoms with van der Waals surface area (Å²) in [7, 11) is -2.14. The first-order valence-corrected chi connectivity index (χ1v) is 11.3. The van der Waals surface area contributed by atoms with Gasteiger partial charge in [0.25, 0.3) is 0 Å². The van der Waals surface area contributed by atoms with E-state index in [9.17, 15) is 13.2 Å². The third-order valence-electron chi connectivity index (χ3n) is 4.63. The Balaban J connectivity index is 1.75. The van der Waals surface area contributed by atoms with Gasteiger partial charge in [-0.2, -0.15) is 4.31 Å². The molecule has 0 aromatic heterocycles. The second-order valence-corrected chi connectivity index (χ2v) is 9.78. The Bertz CT molecular complexity index is 966. The van der Waals surface area contributed by atoms with Crippen molar-refractivity contribution in [2.24, 2.45) is 5.92 Å². The molecule has 1 aliphatic rings. The Labute approximate surface area is 178 Å². The van der Waals surface area contributed by atoms with Crippen molar-refractivity contribution in [1.82, 2.24) is 4.31 Å². The van der Waals surface area contributed by atoms with Crippen LogP contribution in [0.1, 0.15) is 12.8 Å². The van der Waals surface area contributed by atoms with Crippen LogP contribution in [0, 0.1) is 5.92 Å². The Morgan fingerprint density at radius 2 is 1.96 bits per heavy atom. The van der Waals surface area contributed by atoms with Crippen molar-refractivity contribution in [3.63, 3.8) is 0 Å². The molecule has 0 bridgehead atoms. The number of sulfonamides is 1. The highest BCUT2D eigenvalue weighted by molar-refractivity contribution is 9.10. The van der Waals surface area contributed by atoms with Crippen molar-refractivity contribution in [1.29, 1.82) is 0 Å². The lowest BCUT2D eigenvalue weighted by Crippen LogP contribution is -2.43. The van der Waals surface area contributed by atoms with Crippen molar-refractivity contribution in [3.05, 3.63) is 52.0 Å². The topological polar surface area (TPSA) is 75.7 Å². The third kappa shape index (κ3) is 4.68. The van der Waals surface area contributed by atoms with E-state index in [0.29, 0.717) is 35.8 Å². The molecule has 9 heteroatoms. The Hall–Kier alpha value is -1.61. The molecule has 0 radical (unpaired) electrons. The fraction of sp³-hybridized carbons (Fsp3) is 0.316. The normalized spacial score (nSPS) is 17.9. The number of halogens is 2. The molecule has 28 heavy (non-hydrogen) atoms. The van der Waals surface area contributed by atoms with Gasteiger partial charge in [-0.1, -0.05) is 27.5 Å². The van der Waals surface area contributed by atoms with Crippen LogP contribution in [-0.4, -0.2) is 38.8 Å². The van der Waals surface area contributed by atoms with Gasteiger partial charge >= 0.3 is 0 Å². The van der Waals surface area contributed by atoms with Crippen LogP contribution in [0.5, 0.6) is 5.75 Å². The average molecular weight is 488 g/mol. The summed E-state index contributed by atoms with van der Waals surface area (Å²) >= 11 is 9.31. The second-order valence-electron chi connectivity index (χ2n) is 6.49.